The molecule has 7 heteroatoms. The Balaban J connectivity index is 2.03. The lowest BCUT2D eigenvalue weighted by molar-refractivity contribution is -0.385. The molecule has 0 fully saturated rings. The van der Waals surface area contributed by atoms with E-state index in [1.54, 1.807) is 42.5 Å². The minimum atomic E-state index is -0.571. The van der Waals surface area contributed by atoms with Gasteiger partial charge in [0.05, 0.1) is 16.2 Å². The Morgan fingerprint density at radius 2 is 1.65 bits per heavy atom. The number of amides is 2. The number of aryl methyl sites for hydroxylation is 1. The number of anilines is 1. The van der Waals surface area contributed by atoms with Crippen LogP contribution in [0.3, 0.4) is 0 Å². The molecular formula is C19H11BrN2O4. The van der Waals surface area contributed by atoms with Gasteiger partial charge in [0, 0.05) is 22.4 Å². The summed E-state index contributed by atoms with van der Waals surface area (Å²) in [6.45, 7) is 1.90. The fourth-order valence-electron chi connectivity index (χ4n) is 3.18. The highest BCUT2D eigenvalue weighted by atomic mass is 79.9. The molecule has 0 saturated carbocycles. The predicted octanol–water partition coefficient (Wildman–Crippen LogP) is 4.62. The summed E-state index contributed by atoms with van der Waals surface area (Å²) in [5.74, 6) is -1.02. The lowest BCUT2D eigenvalue weighted by Gasteiger charge is -2.27. The van der Waals surface area contributed by atoms with Crippen molar-refractivity contribution in [3.8, 4) is 0 Å². The summed E-state index contributed by atoms with van der Waals surface area (Å²) >= 11 is 3.23. The average molecular weight is 411 g/mol. The summed E-state index contributed by atoms with van der Waals surface area (Å²) in [5.41, 5.74) is 1.70. The Bertz CT molecular complexity index is 1120. The van der Waals surface area contributed by atoms with Crippen molar-refractivity contribution < 1.29 is 14.5 Å². The van der Waals surface area contributed by atoms with Crippen LogP contribution in [0, 0.1) is 17.0 Å². The highest BCUT2D eigenvalue weighted by Crippen LogP contribution is 2.40. The van der Waals surface area contributed by atoms with Gasteiger partial charge in [0.25, 0.3) is 17.5 Å². The van der Waals surface area contributed by atoms with Gasteiger partial charge >= 0.3 is 0 Å². The quantitative estimate of drug-likeness (QED) is 0.350. The zero-order valence-electron chi connectivity index (χ0n) is 13.5. The molecule has 4 rings (SSSR count). The van der Waals surface area contributed by atoms with Crippen LogP contribution in [0.4, 0.5) is 11.4 Å². The minimum Gasteiger partial charge on any atom is -0.268 e. The standard InChI is InChI=1S/C19H11BrN2O4/c1-10-5-7-11(8-6-10)21-18(23)13-4-2-3-12-16(13)14(19(21)24)9-15(17(12)20)22(25)26/h2-9H,1H3. The Morgan fingerprint density at radius 3 is 2.31 bits per heavy atom. The first kappa shape index (κ1) is 16.4. The lowest BCUT2D eigenvalue weighted by Crippen LogP contribution is -2.40. The number of nitro benzene ring substituents is 1. The van der Waals surface area contributed by atoms with E-state index in [0.29, 0.717) is 22.0 Å². The third kappa shape index (κ3) is 2.24. The van der Waals surface area contributed by atoms with E-state index in [4.69, 9.17) is 0 Å². The second kappa shape index (κ2) is 5.74. The molecule has 128 valence electrons. The second-order valence-corrected chi connectivity index (χ2v) is 6.82. The Hall–Kier alpha value is -3.06. The predicted molar refractivity (Wildman–Crippen MR) is 101 cm³/mol. The Labute approximate surface area is 156 Å². The molecule has 0 atom stereocenters. The van der Waals surface area contributed by atoms with Gasteiger partial charge < -0.3 is 0 Å². The number of carbonyl (C=O) groups is 2. The molecule has 0 saturated heterocycles. The van der Waals surface area contributed by atoms with Gasteiger partial charge in [-0.25, -0.2) is 4.90 Å². The zero-order valence-corrected chi connectivity index (χ0v) is 15.1. The normalized spacial score (nSPS) is 13.4. The van der Waals surface area contributed by atoms with Crippen LogP contribution >= 0.6 is 15.9 Å². The first-order chi connectivity index (χ1) is 12.4. The molecule has 0 N–H and O–H groups in total. The van der Waals surface area contributed by atoms with Gasteiger partial charge in [-0.3, -0.25) is 19.7 Å². The summed E-state index contributed by atoms with van der Waals surface area (Å²) in [4.78, 5) is 37.9. The van der Waals surface area contributed by atoms with Crippen LogP contribution in [0.1, 0.15) is 26.3 Å². The average Bonchev–Trinajstić information content (AvgIpc) is 2.62. The molecule has 3 aromatic rings. The number of hydrogen-bond donors (Lipinski definition) is 0. The summed E-state index contributed by atoms with van der Waals surface area (Å²) in [6.07, 6.45) is 0. The summed E-state index contributed by atoms with van der Waals surface area (Å²) < 4.78 is 0.257. The van der Waals surface area contributed by atoms with Gasteiger partial charge in [-0.05, 0) is 41.1 Å². The number of nitro groups is 1. The number of carbonyl (C=O) groups excluding carboxylic acids is 2. The monoisotopic (exact) mass is 410 g/mol. The molecule has 2 amide bonds. The number of rotatable bonds is 2. The van der Waals surface area contributed by atoms with E-state index in [0.717, 1.165) is 10.5 Å². The van der Waals surface area contributed by atoms with E-state index < -0.39 is 16.7 Å². The fourth-order valence-corrected chi connectivity index (χ4v) is 3.77. The summed E-state index contributed by atoms with van der Waals surface area (Å²) in [7, 11) is 0. The van der Waals surface area contributed by atoms with Crippen molar-refractivity contribution in [1.29, 1.82) is 0 Å². The van der Waals surface area contributed by atoms with E-state index in [2.05, 4.69) is 15.9 Å². The van der Waals surface area contributed by atoms with Crippen molar-refractivity contribution in [3.05, 3.63) is 79.8 Å². The summed E-state index contributed by atoms with van der Waals surface area (Å²) in [5, 5.41) is 12.3. The third-order valence-corrected chi connectivity index (χ3v) is 5.27. The van der Waals surface area contributed by atoms with Crippen molar-refractivity contribution in [2.45, 2.75) is 6.92 Å². The van der Waals surface area contributed by atoms with Crippen molar-refractivity contribution in [2.24, 2.45) is 0 Å². The SMILES string of the molecule is Cc1ccc(N2C(=O)c3cccc4c(Br)c([N+](=O)[O-])cc(c34)C2=O)cc1. The largest absolute Gasteiger partial charge is 0.284 e. The molecule has 0 aliphatic carbocycles. The highest BCUT2D eigenvalue weighted by Gasteiger charge is 2.36. The molecular weight excluding hydrogens is 400 g/mol. The van der Waals surface area contributed by atoms with E-state index in [-0.39, 0.29) is 15.7 Å². The molecule has 0 unspecified atom stereocenters. The minimum absolute atomic E-state index is 0.144. The Kier molecular flexibility index (Phi) is 3.62. The molecule has 1 aliphatic heterocycles. The number of halogens is 1. The number of nitrogens with zero attached hydrogens (tertiary/aromatic N) is 2. The maximum atomic E-state index is 13.1. The molecule has 0 spiro atoms. The fraction of sp³-hybridized carbons (Fsp3) is 0.0526. The Morgan fingerprint density at radius 1 is 1.00 bits per heavy atom. The second-order valence-electron chi connectivity index (χ2n) is 6.02. The maximum absolute atomic E-state index is 13.1. The van der Waals surface area contributed by atoms with Gasteiger partial charge in [-0.1, -0.05) is 29.8 Å². The lowest BCUT2D eigenvalue weighted by atomic mass is 9.93. The van der Waals surface area contributed by atoms with Gasteiger partial charge in [0.1, 0.15) is 4.47 Å². The van der Waals surface area contributed by atoms with Crippen LogP contribution in [0.5, 0.6) is 0 Å². The van der Waals surface area contributed by atoms with Crippen LogP contribution in [0.2, 0.25) is 0 Å². The molecule has 1 heterocycles. The molecule has 0 bridgehead atoms. The van der Waals surface area contributed by atoms with E-state index in [1.165, 1.54) is 6.07 Å². The van der Waals surface area contributed by atoms with Crippen molar-refractivity contribution >= 4 is 49.9 Å². The topological polar surface area (TPSA) is 80.5 Å². The van der Waals surface area contributed by atoms with Crippen LogP contribution in [0.25, 0.3) is 10.8 Å². The van der Waals surface area contributed by atoms with E-state index >= 15 is 0 Å². The van der Waals surface area contributed by atoms with Crippen molar-refractivity contribution in [1.82, 2.24) is 0 Å². The van der Waals surface area contributed by atoms with E-state index in [9.17, 15) is 19.7 Å². The first-order valence-electron chi connectivity index (χ1n) is 7.75. The smallest absolute Gasteiger partial charge is 0.268 e. The summed E-state index contributed by atoms with van der Waals surface area (Å²) in [6, 6.07) is 13.1. The highest BCUT2D eigenvalue weighted by molar-refractivity contribution is 9.10. The number of benzene rings is 3. The van der Waals surface area contributed by atoms with Crippen molar-refractivity contribution in [2.75, 3.05) is 4.90 Å². The van der Waals surface area contributed by atoms with Crippen molar-refractivity contribution in [3.63, 3.8) is 0 Å². The van der Waals surface area contributed by atoms with Gasteiger partial charge in [-0.15, -0.1) is 0 Å². The molecule has 0 aromatic heterocycles. The van der Waals surface area contributed by atoms with Crippen LogP contribution in [0.15, 0.2) is 53.0 Å². The van der Waals surface area contributed by atoms with Gasteiger partial charge in [-0.2, -0.15) is 0 Å². The number of imide groups is 1. The molecule has 26 heavy (non-hydrogen) atoms. The van der Waals surface area contributed by atoms with E-state index in [1.807, 2.05) is 6.92 Å². The molecule has 1 aliphatic rings. The third-order valence-electron chi connectivity index (χ3n) is 4.43. The molecule has 0 radical (unpaired) electrons. The number of hydrogen-bond acceptors (Lipinski definition) is 4. The first-order valence-corrected chi connectivity index (χ1v) is 8.54. The zero-order chi connectivity index (χ0) is 18.6. The molecule has 3 aromatic carbocycles. The van der Waals surface area contributed by atoms with Gasteiger partial charge in [0.15, 0.2) is 0 Å². The molecule has 6 nitrogen and oxygen atoms in total. The van der Waals surface area contributed by atoms with Crippen LogP contribution in [-0.4, -0.2) is 16.7 Å². The maximum Gasteiger partial charge on any atom is 0.284 e. The van der Waals surface area contributed by atoms with Crippen LogP contribution < -0.4 is 4.90 Å². The van der Waals surface area contributed by atoms with Crippen LogP contribution in [-0.2, 0) is 0 Å². The van der Waals surface area contributed by atoms with Gasteiger partial charge in [0.2, 0.25) is 0 Å².